The second-order valence-electron chi connectivity index (χ2n) is 3.78. The van der Waals surface area contributed by atoms with Crippen LogP contribution in [0.1, 0.15) is 19.8 Å². The maximum absolute atomic E-state index is 11.6. The van der Waals surface area contributed by atoms with Gasteiger partial charge in [0.15, 0.2) is 0 Å². The molecule has 0 spiro atoms. The van der Waals surface area contributed by atoms with Crippen LogP contribution >= 0.6 is 0 Å². The summed E-state index contributed by atoms with van der Waals surface area (Å²) in [5, 5.41) is 2.85. The molecule has 1 fully saturated rings. The Kier molecular flexibility index (Phi) is 4.38. The van der Waals surface area contributed by atoms with Gasteiger partial charge in [0.25, 0.3) is 0 Å². The molecule has 1 aliphatic heterocycles. The molecule has 0 aromatic carbocycles. The highest BCUT2D eigenvalue weighted by Crippen LogP contribution is 2.07. The van der Waals surface area contributed by atoms with Crippen molar-refractivity contribution in [2.45, 2.75) is 25.8 Å². The molecule has 0 bridgehead atoms. The summed E-state index contributed by atoms with van der Waals surface area (Å²) >= 11 is 0. The number of nitrogens with zero attached hydrogens (tertiary/aromatic N) is 1. The highest BCUT2D eigenvalue weighted by Gasteiger charge is 2.19. The summed E-state index contributed by atoms with van der Waals surface area (Å²) in [6.07, 6.45) is 3.85. The third-order valence-corrected chi connectivity index (χ3v) is 3.22. The molecule has 0 aromatic heterocycles. The molecular weight excluding hydrogens is 200 g/mol. The van der Waals surface area contributed by atoms with E-state index in [9.17, 15) is 9.00 Å². The predicted octanol–water partition coefficient (Wildman–Crippen LogP) is 0.559. The van der Waals surface area contributed by atoms with Gasteiger partial charge in [-0.15, -0.1) is 0 Å². The van der Waals surface area contributed by atoms with E-state index in [0.29, 0.717) is 5.75 Å². The molecule has 0 radical (unpaired) electrons. The molecule has 82 valence electrons. The number of carbonyl (C=O) groups is 1. The van der Waals surface area contributed by atoms with E-state index >= 15 is 0 Å². The standard InChI is InChI=1S/C9H18N2O2S/c1-8(7-14(2)13)10-9(12)11-5-3-4-6-11/h8H,3-7H2,1-2H3,(H,10,12). The van der Waals surface area contributed by atoms with Gasteiger partial charge in [-0.3, -0.25) is 4.21 Å². The van der Waals surface area contributed by atoms with Gasteiger partial charge < -0.3 is 10.2 Å². The number of hydrogen-bond donors (Lipinski definition) is 1. The predicted molar refractivity (Wildman–Crippen MR) is 57.7 cm³/mol. The van der Waals surface area contributed by atoms with Crippen LogP contribution in [-0.4, -0.2) is 46.3 Å². The summed E-state index contributed by atoms with van der Waals surface area (Å²) in [6.45, 7) is 3.59. The number of carbonyl (C=O) groups excluding carboxylic acids is 1. The molecule has 1 saturated heterocycles. The van der Waals surface area contributed by atoms with E-state index in [1.54, 1.807) is 6.26 Å². The first-order valence-electron chi connectivity index (χ1n) is 4.95. The van der Waals surface area contributed by atoms with Crippen molar-refractivity contribution in [3.05, 3.63) is 0 Å². The highest BCUT2D eigenvalue weighted by atomic mass is 32.2. The monoisotopic (exact) mass is 218 g/mol. The smallest absolute Gasteiger partial charge is 0.317 e. The Morgan fingerprint density at radius 3 is 2.57 bits per heavy atom. The fourth-order valence-corrected chi connectivity index (χ4v) is 2.40. The van der Waals surface area contributed by atoms with Crippen molar-refractivity contribution in [2.24, 2.45) is 0 Å². The van der Waals surface area contributed by atoms with Crippen molar-refractivity contribution in [3.63, 3.8) is 0 Å². The molecule has 5 heteroatoms. The van der Waals surface area contributed by atoms with Crippen LogP contribution in [-0.2, 0) is 10.8 Å². The summed E-state index contributed by atoms with van der Waals surface area (Å²) in [5.41, 5.74) is 0. The second-order valence-corrected chi connectivity index (χ2v) is 5.26. The number of urea groups is 1. The van der Waals surface area contributed by atoms with E-state index in [4.69, 9.17) is 0 Å². The Labute approximate surface area is 87.5 Å². The first kappa shape index (κ1) is 11.5. The van der Waals surface area contributed by atoms with E-state index in [1.165, 1.54) is 0 Å². The third kappa shape index (κ3) is 3.65. The molecule has 1 aliphatic rings. The zero-order valence-corrected chi connectivity index (χ0v) is 9.60. The Balaban J connectivity index is 2.28. The number of hydrogen-bond acceptors (Lipinski definition) is 2. The van der Waals surface area contributed by atoms with E-state index in [2.05, 4.69) is 5.32 Å². The fourth-order valence-electron chi connectivity index (χ4n) is 1.62. The summed E-state index contributed by atoms with van der Waals surface area (Å²) in [4.78, 5) is 13.4. The van der Waals surface area contributed by atoms with Gasteiger partial charge in [-0.05, 0) is 19.8 Å². The molecule has 0 aromatic rings. The number of nitrogens with one attached hydrogen (secondary N) is 1. The van der Waals surface area contributed by atoms with Crippen LogP contribution in [0.4, 0.5) is 4.79 Å². The van der Waals surface area contributed by atoms with Crippen LogP contribution in [0.3, 0.4) is 0 Å². The van der Waals surface area contributed by atoms with E-state index in [0.717, 1.165) is 25.9 Å². The third-order valence-electron chi connectivity index (χ3n) is 2.25. The van der Waals surface area contributed by atoms with Gasteiger partial charge >= 0.3 is 6.03 Å². The Morgan fingerprint density at radius 1 is 1.50 bits per heavy atom. The summed E-state index contributed by atoms with van der Waals surface area (Å²) in [5.74, 6) is 0.527. The summed E-state index contributed by atoms with van der Waals surface area (Å²) in [6, 6.07) is -0.0191. The molecule has 2 atom stereocenters. The zero-order valence-electron chi connectivity index (χ0n) is 8.78. The van der Waals surface area contributed by atoms with Gasteiger partial charge in [-0.2, -0.15) is 0 Å². The van der Waals surface area contributed by atoms with Crippen molar-refractivity contribution in [2.75, 3.05) is 25.1 Å². The van der Waals surface area contributed by atoms with Crippen LogP contribution in [0.5, 0.6) is 0 Å². The lowest BCUT2D eigenvalue weighted by Crippen LogP contribution is -2.44. The minimum atomic E-state index is -0.847. The molecule has 1 heterocycles. The molecule has 0 saturated carbocycles. The average Bonchev–Trinajstić information content (AvgIpc) is 2.53. The average molecular weight is 218 g/mol. The SMILES string of the molecule is CC(CS(C)=O)NC(=O)N1CCCC1. The molecule has 0 aliphatic carbocycles. The van der Waals surface area contributed by atoms with Crippen molar-refractivity contribution >= 4 is 16.8 Å². The van der Waals surface area contributed by atoms with Crippen molar-refractivity contribution < 1.29 is 9.00 Å². The minimum Gasteiger partial charge on any atom is -0.335 e. The molecule has 4 nitrogen and oxygen atoms in total. The summed E-state index contributed by atoms with van der Waals surface area (Å²) < 4.78 is 10.9. The van der Waals surface area contributed by atoms with Gasteiger partial charge in [0.05, 0.1) is 0 Å². The lowest BCUT2D eigenvalue weighted by atomic mass is 10.4. The molecule has 2 unspecified atom stereocenters. The van der Waals surface area contributed by atoms with Crippen molar-refractivity contribution in [3.8, 4) is 0 Å². The zero-order chi connectivity index (χ0) is 10.6. The van der Waals surface area contributed by atoms with E-state index < -0.39 is 10.8 Å². The largest absolute Gasteiger partial charge is 0.335 e. The number of rotatable bonds is 3. The molecule has 14 heavy (non-hydrogen) atoms. The van der Waals surface area contributed by atoms with Crippen LogP contribution in [0.15, 0.2) is 0 Å². The van der Waals surface area contributed by atoms with Crippen LogP contribution in [0, 0.1) is 0 Å². The van der Waals surface area contributed by atoms with Crippen LogP contribution in [0.2, 0.25) is 0 Å². The Hall–Kier alpha value is -0.580. The van der Waals surface area contributed by atoms with Gasteiger partial charge in [0.2, 0.25) is 0 Å². The Bertz CT molecular complexity index is 227. The number of likely N-dealkylation sites (tertiary alicyclic amines) is 1. The van der Waals surface area contributed by atoms with E-state index in [-0.39, 0.29) is 12.1 Å². The number of amides is 2. The van der Waals surface area contributed by atoms with Gasteiger partial charge in [0.1, 0.15) is 0 Å². The van der Waals surface area contributed by atoms with Gasteiger partial charge in [-0.25, -0.2) is 4.79 Å². The fraction of sp³-hybridized carbons (Fsp3) is 0.889. The lowest BCUT2D eigenvalue weighted by molar-refractivity contribution is 0.206. The molecule has 2 amide bonds. The summed E-state index contributed by atoms with van der Waals surface area (Å²) in [7, 11) is -0.847. The molecule has 1 N–H and O–H groups in total. The normalized spacial score (nSPS) is 20.6. The molecular formula is C9H18N2O2S. The topological polar surface area (TPSA) is 49.4 Å². The van der Waals surface area contributed by atoms with Crippen molar-refractivity contribution in [1.82, 2.24) is 10.2 Å². The van der Waals surface area contributed by atoms with Gasteiger partial charge in [-0.1, -0.05) is 0 Å². The quantitative estimate of drug-likeness (QED) is 0.752. The lowest BCUT2D eigenvalue weighted by Gasteiger charge is -2.19. The van der Waals surface area contributed by atoms with E-state index in [1.807, 2.05) is 11.8 Å². The Morgan fingerprint density at radius 2 is 2.07 bits per heavy atom. The minimum absolute atomic E-state index is 0.00562. The second kappa shape index (κ2) is 5.34. The first-order valence-corrected chi connectivity index (χ1v) is 6.68. The molecule has 1 rings (SSSR count). The van der Waals surface area contributed by atoms with Gasteiger partial charge in [0, 0.05) is 41.9 Å². The first-order chi connectivity index (χ1) is 6.59. The van der Waals surface area contributed by atoms with Crippen LogP contribution < -0.4 is 5.32 Å². The maximum atomic E-state index is 11.6. The highest BCUT2D eigenvalue weighted by molar-refractivity contribution is 7.84. The van der Waals surface area contributed by atoms with Crippen molar-refractivity contribution in [1.29, 1.82) is 0 Å². The van der Waals surface area contributed by atoms with Crippen LogP contribution in [0.25, 0.3) is 0 Å². The maximum Gasteiger partial charge on any atom is 0.317 e.